The van der Waals surface area contributed by atoms with E-state index in [1.54, 1.807) is 18.2 Å². The fraction of sp³-hybridized carbons (Fsp3) is 0.320. The van der Waals surface area contributed by atoms with Gasteiger partial charge in [-0.1, -0.05) is 30.3 Å². The second-order valence-electron chi connectivity index (χ2n) is 8.83. The van der Waals surface area contributed by atoms with Gasteiger partial charge >= 0.3 is 17.9 Å². The molecule has 3 atom stereocenters. The lowest BCUT2D eigenvalue weighted by atomic mass is 9.71. The number of nitrogens with zero attached hydrogens (tertiary/aromatic N) is 2. The molecule has 2 aliphatic heterocycles. The van der Waals surface area contributed by atoms with E-state index in [0.717, 1.165) is 11.8 Å². The number of thioether (sulfide) groups is 1. The molecule has 2 aliphatic rings. The Balaban J connectivity index is 2.11. The van der Waals surface area contributed by atoms with Crippen LogP contribution < -0.4 is 11.5 Å². The summed E-state index contributed by atoms with van der Waals surface area (Å²) in [6, 6.07) is 7.61. The number of nitrogens with two attached hydrogens (primary N) is 2. The average Bonchev–Trinajstić information content (AvgIpc) is 3.34. The van der Waals surface area contributed by atoms with Crippen molar-refractivity contribution in [3.63, 3.8) is 0 Å². The van der Waals surface area contributed by atoms with Gasteiger partial charge in [0.2, 0.25) is 11.8 Å². The molecular formula is C25H25N5O9S. The Kier molecular flexibility index (Phi) is 7.68. The van der Waals surface area contributed by atoms with Crippen LogP contribution in [0.4, 0.5) is 0 Å². The highest BCUT2D eigenvalue weighted by molar-refractivity contribution is 8.00. The minimum atomic E-state index is -2.33. The number of aromatic nitrogens is 2. The molecule has 0 saturated carbocycles. The number of hydrogen-bond acceptors (Lipinski definition) is 10. The summed E-state index contributed by atoms with van der Waals surface area (Å²) in [6.07, 6.45) is -1.69. The second kappa shape index (κ2) is 10.8. The maximum atomic E-state index is 13.7. The first-order valence-corrected chi connectivity index (χ1v) is 13.0. The van der Waals surface area contributed by atoms with Crippen LogP contribution in [0, 0.1) is 0 Å². The number of esters is 2. The molecule has 2 unspecified atom stereocenters. The van der Waals surface area contributed by atoms with Crippen LogP contribution >= 0.6 is 11.8 Å². The minimum absolute atomic E-state index is 0.0655. The molecule has 4 rings (SSSR count). The number of carbonyl (C=O) groups is 6. The minimum Gasteiger partial charge on any atom is -0.477 e. The van der Waals surface area contributed by atoms with E-state index < -0.39 is 75.4 Å². The summed E-state index contributed by atoms with van der Waals surface area (Å²) in [6.45, 7) is 2.49. The average molecular weight is 572 g/mol. The Morgan fingerprint density at radius 2 is 1.90 bits per heavy atom. The zero-order valence-electron chi connectivity index (χ0n) is 21.3. The van der Waals surface area contributed by atoms with Crippen LogP contribution in [0.25, 0.3) is 0 Å². The van der Waals surface area contributed by atoms with E-state index in [4.69, 9.17) is 20.9 Å². The van der Waals surface area contributed by atoms with E-state index in [9.17, 15) is 33.9 Å². The first kappa shape index (κ1) is 28.4. The van der Waals surface area contributed by atoms with Crippen LogP contribution in [-0.2, 0) is 34.1 Å². The van der Waals surface area contributed by atoms with Crippen LogP contribution in [0.5, 0.6) is 0 Å². The number of ether oxygens (including phenoxy) is 2. The van der Waals surface area contributed by atoms with Crippen molar-refractivity contribution in [3.05, 3.63) is 64.4 Å². The first-order valence-electron chi connectivity index (χ1n) is 11.9. The molecular weight excluding hydrogens is 546 g/mol. The van der Waals surface area contributed by atoms with E-state index in [2.05, 4.69) is 9.97 Å². The molecule has 1 saturated heterocycles. The van der Waals surface area contributed by atoms with Gasteiger partial charge in [0.15, 0.2) is 17.2 Å². The van der Waals surface area contributed by atoms with Crippen molar-refractivity contribution in [1.82, 2.24) is 14.9 Å². The molecule has 1 fully saturated rings. The number of carbonyl (C=O) groups excluding carboxylic acids is 5. The summed E-state index contributed by atoms with van der Waals surface area (Å²) in [5, 5.41) is 9.71. The summed E-state index contributed by atoms with van der Waals surface area (Å²) in [5.74, 6) is -6.73. The Morgan fingerprint density at radius 1 is 1.23 bits per heavy atom. The van der Waals surface area contributed by atoms with Gasteiger partial charge in [0.1, 0.15) is 17.2 Å². The number of amides is 3. The Morgan fingerprint density at radius 3 is 2.42 bits per heavy atom. The number of aliphatic carboxylic acids is 1. The molecule has 0 aliphatic carbocycles. The number of primary amides is 2. The van der Waals surface area contributed by atoms with Crippen LogP contribution in [0.1, 0.15) is 52.6 Å². The number of imidazole rings is 1. The number of benzene rings is 1. The van der Waals surface area contributed by atoms with Crippen LogP contribution in [0.3, 0.4) is 0 Å². The third kappa shape index (κ3) is 4.57. The number of nitrogens with one attached hydrogen (secondary N) is 1. The van der Waals surface area contributed by atoms with E-state index in [1.165, 1.54) is 30.8 Å². The lowest BCUT2D eigenvalue weighted by Crippen LogP contribution is -2.59. The standard InChI is InChI=1S/C25H25N5O9S/c1-3-38-22(36)17-16(20(26)33)28-24(29-17)25(23(27)37,12-7-5-4-6-8-12)19(39-11(2)31)13-10-40-15-9-14(32)30(15)18(13)21(34)35/h4-8,15,19H,3,9-10H2,1-2H3,(H2,26,33)(H2,27,37)(H,28,29)(H,34,35)/t15-,19?,25?/m1/s1. The van der Waals surface area contributed by atoms with Crippen molar-refractivity contribution in [2.45, 2.75) is 37.2 Å². The lowest BCUT2D eigenvalue weighted by molar-refractivity contribution is -0.150. The predicted octanol–water partition coefficient (Wildman–Crippen LogP) is 0.0323. The molecule has 0 bridgehead atoms. The fourth-order valence-corrected chi connectivity index (χ4v) is 6.10. The molecule has 3 heterocycles. The molecule has 1 aromatic carbocycles. The van der Waals surface area contributed by atoms with Crippen LogP contribution in [0.2, 0.25) is 0 Å². The van der Waals surface area contributed by atoms with Gasteiger partial charge in [-0.25, -0.2) is 14.6 Å². The topological polar surface area (TPSA) is 225 Å². The Hall–Kier alpha value is -4.66. The molecule has 6 N–H and O–H groups in total. The maximum absolute atomic E-state index is 13.7. The maximum Gasteiger partial charge on any atom is 0.359 e. The molecule has 40 heavy (non-hydrogen) atoms. The van der Waals surface area contributed by atoms with Gasteiger partial charge in [0.05, 0.1) is 18.4 Å². The molecule has 15 heteroatoms. The number of H-pyrrole nitrogens is 1. The van der Waals surface area contributed by atoms with Crippen molar-refractivity contribution in [2.75, 3.05) is 12.4 Å². The zero-order chi connectivity index (χ0) is 29.4. The number of β-lactam (4-membered cyclic amide) rings is 1. The summed E-state index contributed by atoms with van der Waals surface area (Å²) < 4.78 is 10.6. The van der Waals surface area contributed by atoms with Crippen LogP contribution in [0.15, 0.2) is 41.6 Å². The van der Waals surface area contributed by atoms with E-state index in [0.29, 0.717) is 0 Å². The van der Waals surface area contributed by atoms with E-state index in [-0.39, 0.29) is 29.9 Å². The fourth-order valence-electron chi connectivity index (χ4n) is 4.81. The highest BCUT2D eigenvalue weighted by Gasteiger charge is 2.58. The highest BCUT2D eigenvalue weighted by Crippen LogP contribution is 2.47. The molecule has 1 aromatic heterocycles. The van der Waals surface area contributed by atoms with Gasteiger partial charge in [-0.15, -0.1) is 11.8 Å². The Labute approximate surface area is 231 Å². The number of rotatable bonds is 10. The van der Waals surface area contributed by atoms with Crippen molar-refractivity contribution >= 4 is 47.4 Å². The Bertz CT molecular complexity index is 1450. The third-order valence-corrected chi connectivity index (χ3v) is 7.73. The molecule has 0 spiro atoms. The van der Waals surface area contributed by atoms with Gasteiger partial charge in [0, 0.05) is 18.2 Å². The van der Waals surface area contributed by atoms with Gasteiger partial charge in [0.25, 0.3) is 5.91 Å². The second-order valence-corrected chi connectivity index (χ2v) is 10.0. The summed E-state index contributed by atoms with van der Waals surface area (Å²) >= 11 is 1.21. The monoisotopic (exact) mass is 571 g/mol. The zero-order valence-corrected chi connectivity index (χ0v) is 22.1. The van der Waals surface area contributed by atoms with Gasteiger partial charge < -0.3 is 31.0 Å². The SMILES string of the molecule is CCOC(=O)c1nc(C(C(N)=O)(c2ccccc2)C(OC(C)=O)C2=C(C(=O)O)N3C(=O)C[C@H]3SC2)[nH]c1C(N)=O. The molecule has 0 radical (unpaired) electrons. The predicted molar refractivity (Wildman–Crippen MR) is 137 cm³/mol. The molecule has 2 aromatic rings. The molecule has 3 amide bonds. The molecule has 210 valence electrons. The van der Waals surface area contributed by atoms with Crippen molar-refractivity contribution in [1.29, 1.82) is 0 Å². The number of aromatic amines is 1. The van der Waals surface area contributed by atoms with Crippen LogP contribution in [-0.4, -0.2) is 79.4 Å². The summed E-state index contributed by atoms with van der Waals surface area (Å²) in [7, 11) is 0. The van der Waals surface area contributed by atoms with Crippen molar-refractivity contribution < 1.29 is 43.3 Å². The number of fused-ring (bicyclic) bond motifs is 1. The quantitative estimate of drug-likeness (QED) is 0.220. The number of carboxylic acid groups (broad SMARTS) is 1. The molecule has 14 nitrogen and oxygen atoms in total. The summed E-state index contributed by atoms with van der Waals surface area (Å²) in [5.41, 5.74) is 7.60. The van der Waals surface area contributed by atoms with E-state index >= 15 is 0 Å². The van der Waals surface area contributed by atoms with Crippen molar-refractivity contribution in [3.8, 4) is 0 Å². The first-order chi connectivity index (χ1) is 18.9. The van der Waals surface area contributed by atoms with Gasteiger partial charge in [-0.3, -0.25) is 24.1 Å². The number of hydrogen-bond donors (Lipinski definition) is 4. The number of carboxylic acids is 1. The smallest absolute Gasteiger partial charge is 0.359 e. The van der Waals surface area contributed by atoms with E-state index in [1.807, 2.05) is 0 Å². The van der Waals surface area contributed by atoms with Crippen molar-refractivity contribution in [2.24, 2.45) is 11.5 Å². The highest BCUT2D eigenvalue weighted by atomic mass is 32.2. The normalized spacial score (nSPS) is 18.6. The van der Waals surface area contributed by atoms with Gasteiger partial charge in [-0.2, -0.15) is 0 Å². The largest absolute Gasteiger partial charge is 0.477 e. The third-order valence-electron chi connectivity index (χ3n) is 6.49. The summed E-state index contributed by atoms with van der Waals surface area (Å²) in [4.78, 5) is 83.9. The van der Waals surface area contributed by atoms with Gasteiger partial charge in [-0.05, 0) is 12.5 Å². The lowest BCUT2D eigenvalue weighted by Gasteiger charge is -2.47.